The summed E-state index contributed by atoms with van der Waals surface area (Å²) in [6, 6.07) is 1.52. The van der Waals surface area contributed by atoms with Crippen LogP contribution in [-0.2, 0) is 4.74 Å². The monoisotopic (exact) mass is 276 g/mol. The molecule has 0 spiro atoms. The molecule has 1 unspecified atom stereocenters. The van der Waals surface area contributed by atoms with Crippen LogP contribution in [0.1, 0.15) is 23.7 Å². The van der Waals surface area contributed by atoms with Crippen LogP contribution in [0.2, 0.25) is 10.2 Å². The molecule has 0 fully saturated rings. The Morgan fingerprint density at radius 2 is 2.29 bits per heavy atom. The van der Waals surface area contributed by atoms with E-state index in [9.17, 15) is 4.79 Å². The molecule has 0 aliphatic heterocycles. The molecule has 0 aliphatic rings. The number of carbonyl (C=O) groups is 1. The number of nitrogens with zero attached hydrogens (tertiary/aromatic N) is 1. The van der Waals surface area contributed by atoms with Gasteiger partial charge in [0.25, 0.3) is 5.91 Å². The van der Waals surface area contributed by atoms with E-state index in [0.29, 0.717) is 12.2 Å². The number of nitrogens with one attached hydrogen (secondary N) is 1. The Kier molecular flexibility index (Phi) is 5.68. The van der Waals surface area contributed by atoms with Gasteiger partial charge >= 0.3 is 0 Å². The standard InChI is InChI=1S/C11H14Cl2N2O2/c1-7(3-4-17-2)15-11(16)8-5-9(12)10(13)14-6-8/h5-7H,3-4H2,1-2H3,(H,15,16). The topological polar surface area (TPSA) is 51.2 Å². The molecule has 4 nitrogen and oxygen atoms in total. The third-order valence-corrected chi connectivity index (χ3v) is 2.88. The Bertz CT molecular complexity index is 399. The lowest BCUT2D eigenvalue weighted by atomic mass is 10.2. The Labute approximate surface area is 110 Å². The van der Waals surface area contributed by atoms with E-state index in [1.807, 2.05) is 6.92 Å². The first-order valence-electron chi connectivity index (χ1n) is 5.15. The summed E-state index contributed by atoms with van der Waals surface area (Å²) in [6.07, 6.45) is 2.14. The van der Waals surface area contributed by atoms with Gasteiger partial charge in [-0.2, -0.15) is 0 Å². The minimum atomic E-state index is -0.223. The maximum atomic E-state index is 11.8. The summed E-state index contributed by atoms with van der Waals surface area (Å²) in [5, 5.41) is 3.27. The predicted octanol–water partition coefficient (Wildman–Crippen LogP) is 2.54. The number of halogens is 2. The third kappa shape index (κ3) is 4.50. The van der Waals surface area contributed by atoms with Crippen LogP contribution in [0.5, 0.6) is 0 Å². The average molecular weight is 277 g/mol. The Hall–Kier alpha value is -0.840. The van der Waals surface area contributed by atoms with Crippen molar-refractivity contribution in [3.63, 3.8) is 0 Å². The number of aromatic nitrogens is 1. The molecule has 6 heteroatoms. The van der Waals surface area contributed by atoms with Gasteiger partial charge in [-0.05, 0) is 19.4 Å². The van der Waals surface area contributed by atoms with E-state index < -0.39 is 0 Å². The summed E-state index contributed by atoms with van der Waals surface area (Å²) in [5.74, 6) is -0.223. The molecule has 0 saturated heterocycles. The lowest BCUT2D eigenvalue weighted by Gasteiger charge is -2.13. The average Bonchev–Trinajstić information content (AvgIpc) is 2.30. The molecule has 0 aromatic carbocycles. The molecule has 0 saturated carbocycles. The minimum absolute atomic E-state index is 0.0249. The Morgan fingerprint density at radius 1 is 1.59 bits per heavy atom. The van der Waals surface area contributed by atoms with Crippen molar-refractivity contribution in [2.45, 2.75) is 19.4 Å². The SMILES string of the molecule is COCCC(C)NC(=O)c1cnc(Cl)c(Cl)c1. The van der Waals surface area contributed by atoms with Crippen molar-refractivity contribution in [3.05, 3.63) is 28.0 Å². The number of ether oxygens (including phenoxy) is 1. The van der Waals surface area contributed by atoms with Crippen LogP contribution >= 0.6 is 23.2 Å². The molecule has 1 atom stereocenters. The van der Waals surface area contributed by atoms with Crippen LogP contribution in [0.25, 0.3) is 0 Å². The predicted molar refractivity (Wildman–Crippen MR) is 67.7 cm³/mol. The highest BCUT2D eigenvalue weighted by molar-refractivity contribution is 6.41. The first-order chi connectivity index (χ1) is 8.04. The molecule has 1 aromatic heterocycles. The molecule has 17 heavy (non-hydrogen) atoms. The summed E-state index contributed by atoms with van der Waals surface area (Å²) in [4.78, 5) is 15.6. The van der Waals surface area contributed by atoms with Crippen molar-refractivity contribution in [2.24, 2.45) is 0 Å². The lowest BCUT2D eigenvalue weighted by molar-refractivity contribution is 0.0929. The molecule has 1 amide bonds. The highest BCUT2D eigenvalue weighted by atomic mass is 35.5. The fraction of sp³-hybridized carbons (Fsp3) is 0.455. The molecule has 0 radical (unpaired) electrons. The molecular formula is C11H14Cl2N2O2. The van der Waals surface area contributed by atoms with Crippen LogP contribution in [0.15, 0.2) is 12.3 Å². The van der Waals surface area contributed by atoms with Crippen LogP contribution in [0.4, 0.5) is 0 Å². The van der Waals surface area contributed by atoms with Gasteiger partial charge in [0.15, 0.2) is 0 Å². The van der Waals surface area contributed by atoms with Gasteiger partial charge in [0.05, 0.1) is 10.6 Å². The molecule has 94 valence electrons. The number of rotatable bonds is 5. The molecule has 1 aromatic rings. The van der Waals surface area contributed by atoms with Gasteiger partial charge in [0.1, 0.15) is 5.15 Å². The number of carbonyl (C=O) groups excluding carboxylic acids is 1. The van der Waals surface area contributed by atoms with E-state index in [-0.39, 0.29) is 22.1 Å². The second kappa shape index (κ2) is 6.79. The van der Waals surface area contributed by atoms with Crippen molar-refractivity contribution in [2.75, 3.05) is 13.7 Å². The van der Waals surface area contributed by atoms with E-state index in [1.54, 1.807) is 7.11 Å². The zero-order valence-corrected chi connectivity index (χ0v) is 11.2. The van der Waals surface area contributed by atoms with E-state index in [1.165, 1.54) is 12.3 Å². The summed E-state index contributed by atoms with van der Waals surface area (Å²) in [5.41, 5.74) is 0.392. The summed E-state index contributed by atoms with van der Waals surface area (Å²) in [7, 11) is 1.62. The van der Waals surface area contributed by atoms with Gasteiger partial charge < -0.3 is 10.1 Å². The molecule has 0 bridgehead atoms. The van der Waals surface area contributed by atoms with Crippen molar-refractivity contribution >= 4 is 29.1 Å². The number of methoxy groups -OCH3 is 1. The molecule has 1 N–H and O–H groups in total. The quantitative estimate of drug-likeness (QED) is 0.841. The molecule has 1 heterocycles. The van der Waals surface area contributed by atoms with Crippen LogP contribution in [0.3, 0.4) is 0 Å². The van der Waals surface area contributed by atoms with Crippen LogP contribution < -0.4 is 5.32 Å². The lowest BCUT2D eigenvalue weighted by Crippen LogP contribution is -2.33. The number of pyridine rings is 1. The normalized spacial score (nSPS) is 12.2. The molecular weight excluding hydrogens is 263 g/mol. The zero-order valence-electron chi connectivity index (χ0n) is 9.67. The number of amides is 1. The van der Waals surface area contributed by atoms with Crippen LogP contribution in [0, 0.1) is 0 Å². The van der Waals surface area contributed by atoms with Gasteiger partial charge in [-0.15, -0.1) is 0 Å². The Morgan fingerprint density at radius 3 is 2.88 bits per heavy atom. The minimum Gasteiger partial charge on any atom is -0.385 e. The van der Waals surface area contributed by atoms with Gasteiger partial charge in [-0.1, -0.05) is 23.2 Å². The van der Waals surface area contributed by atoms with Gasteiger partial charge in [0, 0.05) is 26.0 Å². The zero-order chi connectivity index (χ0) is 12.8. The highest BCUT2D eigenvalue weighted by Crippen LogP contribution is 2.19. The van der Waals surface area contributed by atoms with E-state index in [4.69, 9.17) is 27.9 Å². The van der Waals surface area contributed by atoms with Crippen molar-refractivity contribution in [1.29, 1.82) is 0 Å². The second-order valence-corrected chi connectivity index (χ2v) is 4.42. The third-order valence-electron chi connectivity index (χ3n) is 2.19. The van der Waals surface area contributed by atoms with E-state index in [2.05, 4.69) is 10.3 Å². The number of hydrogen-bond acceptors (Lipinski definition) is 3. The first-order valence-corrected chi connectivity index (χ1v) is 5.91. The van der Waals surface area contributed by atoms with Crippen molar-refractivity contribution < 1.29 is 9.53 Å². The molecule has 1 rings (SSSR count). The number of hydrogen-bond donors (Lipinski definition) is 1. The maximum absolute atomic E-state index is 11.8. The van der Waals surface area contributed by atoms with Crippen LogP contribution in [-0.4, -0.2) is 30.6 Å². The fourth-order valence-corrected chi connectivity index (χ4v) is 1.49. The van der Waals surface area contributed by atoms with Gasteiger partial charge in [-0.3, -0.25) is 4.79 Å². The van der Waals surface area contributed by atoms with Gasteiger partial charge in [-0.25, -0.2) is 4.98 Å². The smallest absolute Gasteiger partial charge is 0.253 e. The fourth-order valence-electron chi connectivity index (χ4n) is 1.22. The van der Waals surface area contributed by atoms with Gasteiger partial charge in [0.2, 0.25) is 0 Å². The van der Waals surface area contributed by atoms with E-state index in [0.717, 1.165) is 6.42 Å². The second-order valence-electron chi connectivity index (χ2n) is 3.65. The Balaban J connectivity index is 2.60. The summed E-state index contributed by atoms with van der Waals surface area (Å²) >= 11 is 11.5. The first kappa shape index (κ1) is 14.2. The largest absolute Gasteiger partial charge is 0.385 e. The van der Waals surface area contributed by atoms with E-state index >= 15 is 0 Å². The van der Waals surface area contributed by atoms with Crippen molar-refractivity contribution in [1.82, 2.24) is 10.3 Å². The maximum Gasteiger partial charge on any atom is 0.253 e. The summed E-state index contributed by atoms with van der Waals surface area (Å²) in [6.45, 7) is 2.50. The molecule has 0 aliphatic carbocycles. The summed E-state index contributed by atoms with van der Waals surface area (Å²) < 4.78 is 4.93. The van der Waals surface area contributed by atoms with Crippen molar-refractivity contribution in [3.8, 4) is 0 Å². The highest BCUT2D eigenvalue weighted by Gasteiger charge is 2.11.